The first-order chi connectivity index (χ1) is 13.7. The molecule has 0 spiro atoms. The summed E-state index contributed by atoms with van der Waals surface area (Å²) in [5.41, 5.74) is 12.7. The maximum absolute atomic E-state index is 12.4. The average Bonchev–Trinajstić information content (AvgIpc) is 3.07. The van der Waals surface area contributed by atoms with Gasteiger partial charge in [0.2, 0.25) is 17.7 Å². The molecule has 0 aliphatic heterocycles. The van der Waals surface area contributed by atoms with Crippen LogP contribution in [0.4, 0.5) is 0 Å². The predicted octanol–water partition coefficient (Wildman–Crippen LogP) is -2.04. The van der Waals surface area contributed by atoms with E-state index in [4.69, 9.17) is 21.7 Å². The second-order valence-corrected chi connectivity index (χ2v) is 6.48. The Morgan fingerprint density at radius 2 is 1.72 bits per heavy atom. The SMILES string of the molecule is NC(=O)C[C@H](NC(=O)[C@@H](N)Cc1c[nH]c2ccccc12)C(=O)N[C@@H](CO)C(=O)O. The number of carboxylic acid groups (broad SMARTS) is 1. The smallest absolute Gasteiger partial charge is 0.328 e. The van der Waals surface area contributed by atoms with Crippen molar-refractivity contribution in [3.63, 3.8) is 0 Å². The van der Waals surface area contributed by atoms with E-state index < -0.39 is 54.8 Å². The minimum atomic E-state index is -1.59. The summed E-state index contributed by atoms with van der Waals surface area (Å²) in [5.74, 6) is -4.04. The van der Waals surface area contributed by atoms with Gasteiger partial charge in [-0.05, 0) is 18.1 Å². The van der Waals surface area contributed by atoms with Crippen molar-refractivity contribution < 1.29 is 29.4 Å². The van der Waals surface area contributed by atoms with Crippen LogP contribution in [0.15, 0.2) is 30.5 Å². The lowest BCUT2D eigenvalue weighted by atomic mass is 10.0. The van der Waals surface area contributed by atoms with E-state index in [0.717, 1.165) is 16.5 Å². The van der Waals surface area contributed by atoms with Crippen molar-refractivity contribution >= 4 is 34.6 Å². The number of hydrogen-bond donors (Lipinski definition) is 7. The molecular formula is C18H23N5O6. The number of H-pyrrole nitrogens is 1. The molecule has 11 heteroatoms. The Labute approximate surface area is 165 Å². The zero-order chi connectivity index (χ0) is 21.6. The highest BCUT2D eigenvalue weighted by Gasteiger charge is 2.29. The number of hydrogen-bond acceptors (Lipinski definition) is 6. The number of aromatic amines is 1. The zero-order valence-electron chi connectivity index (χ0n) is 15.4. The Bertz CT molecular complexity index is 911. The molecule has 0 aliphatic rings. The van der Waals surface area contributed by atoms with Crippen molar-refractivity contribution in [2.45, 2.75) is 31.0 Å². The number of carbonyl (C=O) groups is 4. The van der Waals surface area contributed by atoms with Gasteiger partial charge in [-0.15, -0.1) is 0 Å². The van der Waals surface area contributed by atoms with Gasteiger partial charge >= 0.3 is 5.97 Å². The largest absolute Gasteiger partial charge is 0.480 e. The van der Waals surface area contributed by atoms with Crippen LogP contribution in [0.3, 0.4) is 0 Å². The fourth-order valence-electron chi connectivity index (χ4n) is 2.78. The topological polar surface area (TPSA) is 201 Å². The number of carbonyl (C=O) groups excluding carboxylic acids is 3. The van der Waals surface area contributed by atoms with E-state index in [2.05, 4.69) is 10.3 Å². The lowest BCUT2D eigenvalue weighted by molar-refractivity contribution is -0.143. The second kappa shape index (κ2) is 9.66. The summed E-state index contributed by atoms with van der Waals surface area (Å²) in [4.78, 5) is 50.0. The van der Waals surface area contributed by atoms with Gasteiger partial charge in [0.05, 0.1) is 19.1 Å². The third-order valence-corrected chi connectivity index (χ3v) is 4.29. The van der Waals surface area contributed by atoms with E-state index in [9.17, 15) is 19.2 Å². The molecule has 0 fully saturated rings. The normalized spacial score (nSPS) is 14.0. The van der Waals surface area contributed by atoms with Crippen LogP contribution < -0.4 is 22.1 Å². The van der Waals surface area contributed by atoms with Crippen molar-refractivity contribution in [3.05, 3.63) is 36.0 Å². The van der Waals surface area contributed by atoms with E-state index in [1.165, 1.54) is 0 Å². The summed E-state index contributed by atoms with van der Waals surface area (Å²) >= 11 is 0. The predicted molar refractivity (Wildman–Crippen MR) is 102 cm³/mol. The number of nitrogens with two attached hydrogens (primary N) is 2. The summed E-state index contributed by atoms with van der Waals surface area (Å²) in [7, 11) is 0. The van der Waals surface area contributed by atoms with Gasteiger partial charge in [0.15, 0.2) is 0 Å². The van der Waals surface area contributed by atoms with Crippen molar-refractivity contribution in [3.8, 4) is 0 Å². The van der Waals surface area contributed by atoms with Crippen molar-refractivity contribution in [2.24, 2.45) is 11.5 Å². The lowest BCUT2D eigenvalue weighted by Crippen LogP contribution is -2.56. The molecular weight excluding hydrogens is 382 g/mol. The average molecular weight is 405 g/mol. The van der Waals surface area contributed by atoms with Crippen LogP contribution in [0.1, 0.15) is 12.0 Å². The number of aliphatic hydroxyl groups is 1. The quantitative estimate of drug-likeness (QED) is 0.236. The van der Waals surface area contributed by atoms with E-state index >= 15 is 0 Å². The van der Waals surface area contributed by atoms with Gasteiger partial charge in [-0.2, -0.15) is 0 Å². The minimum Gasteiger partial charge on any atom is -0.480 e. The van der Waals surface area contributed by atoms with Crippen molar-refractivity contribution in [1.82, 2.24) is 15.6 Å². The highest BCUT2D eigenvalue weighted by molar-refractivity contribution is 5.95. The number of carboxylic acids is 1. The Morgan fingerprint density at radius 1 is 1.07 bits per heavy atom. The van der Waals surface area contributed by atoms with Crippen LogP contribution in [0, 0.1) is 0 Å². The number of benzene rings is 1. The van der Waals surface area contributed by atoms with Gasteiger partial charge in [0.1, 0.15) is 12.1 Å². The first-order valence-corrected chi connectivity index (χ1v) is 8.76. The third-order valence-electron chi connectivity index (χ3n) is 4.29. The van der Waals surface area contributed by atoms with Gasteiger partial charge < -0.3 is 37.3 Å². The molecule has 156 valence electrons. The zero-order valence-corrected chi connectivity index (χ0v) is 15.4. The third kappa shape index (κ3) is 5.77. The molecule has 0 saturated carbocycles. The van der Waals surface area contributed by atoms with Gasteiger partial charge in [0, 0.05) is 17.1 Å². The molecule has 2 rings (SSSR count). The van der Waals surface area contributed by atoms with Gasteiger partial charge in [0.25, 0.3) is 0 Å². The molecule has 1 heterocycles. The molecule has 0 bridgehead atoms. The molecule has 0 aliphatic carbocycles. The second-order valence-electron chi connectivity index (χ2n) is 6.48. The number of aromatic nitrogens is 1. The van der Waals surface area contributed by atoms with Crippen LogP contribution in [-0.2, 0) is 25.6 Å². The van der Waals surface area contributed by atoms with Crippen LogP contribution in [0.25, 0.3) is 10.9 Å². The Kier molecular flexibility index (Phi) is 7.28. The number of aliphatic hydroxyl groups excluding tert-OH is 1. The monoisotopic (exact) mass is 405 g/mol. The number of fused-ring (bicyclic) bond motifs is 1. The van der Waals surface area contributed by atoms with Crippen LogP contribution in [-0.4, -0.2) is 63.6 Å². The van der Waals surface area contributed by atoms with Crippen LogP contribution in [0.2, 0.25) is 0 Å². The van der Waals surface area contributed by atoms with Gasteiger partial charge in [-0.1, -0.05) is 18.2 Å². The molecule has 0 saturated heterocycles. The molecule has 29 heavy (non-hydrogen) atoms. The minimum absolute atomic E-state index is 0.162. The summed E-state index contributed by atoms with van der Waals surface area (Å²) in [5, 5.41) is 23.2. The van der Waals surface area contributed by atoms with E-state index in [-0.39, 0.29) is 6.42 Å². The van der Waals surface area contributed by atoms with Gasteiger partial charge in [-0.25, -0.2) is 4.79 Å². The number of primary amides is 1. The first-order valence-electron chi connectivity index (χ1n) is 8.76. The molecule has 9 N–H and O–H groups in total. The fraction of sp³-hybridized carbons (Fsp3) is 0.333. The number of rotatable bonds is 10. The maximum atomic E-state index is 12.4. The van der Waals surface area contributed by atoms with Crippen molar-refractivity contribution in [1.29, 1.82) is 0 Å². The van der Waals surface area contributed by atoms with E-state index in [0.29, 0.717) is 0 Å². The molecule has 0 radical (unpaired) electrons. The maximum Gasteiger partial charge on any atom is 0.328 e. The number of nitrogens with one attached hydrogen (secondary N) is 3. The number of para-hydroxylation sites is 1. The lowest BCUT2D eigenvalue weighted by Gasteiger charge is -2.21. The summed E-state index contributed by atoms with van der Waals surface area (Å²) in [6, 6.07) is 3.40. The summed E-state index contributed by atoms with van der Waals surface area (Å²) in [6.45, 7) is -0.863. The van der Waals surface area contributed by atoms with E-state index in [1.54, 1.807) is 6.20 Å². The molecule has 3 amide bonds. The summed E-state index contributed by atoms with van der Waals surface area (Å²) in [6.07, 6.45) is 1.33. The van der Waals surface area contributed by atoms with Crippen LogP contribution in [0.5, 0.6) is 0 Å². The van der Waals surface area contributed by atoms with E-state index in [1.807, 2.05) is 29.6 Å². The van der Waals surface area contributed by atoms with Crippen LogP contribution >= 0.6 is 0 Å². The Balaban J connectivity index is 2.07. The van der Waals surface area contributed by atoms with Gasteiger partial charge in [-0.3, -0.25) is 14.4 Å². The molecule has 11 nitrogen and oxygen atoms in total. The van der Waals surface area contributed by atoms with Crippen molar-refractivity contribution in [2.75, 3.05) is 6.61 Å². The number of amides is 3. The highest BCUT2D eigenvalue weighted by Crippen LogP contribution is 2.18. The molecule has 0 unspecified atom stereocenters. The highest BCUT2D eigenvalue weighted by atomic mass is 16.4. The fourth-order valence-corrected chi connectivity index (χ4v) is 2.78. The summed E-state index contributed by atoms with van der Waals surface area (Å²) < 4.78 is 0. The molecule has 1 aromatic carbocycles. The Morgan fingerprint density at radius 3 is 2.34 bits per heavy atom. The molecule has 3 atom stereocenters. The molecule has 1 aromatic heterocycles. The first kappa shape index (κ1) is 21.9. The number of aliphatic carboxylic acids is 1. The Hall–Kier alpha value is -3.44. The molecule has 2 aromatic rings. The standard InChI is InChI=1S/C18H23N5O6/c19-11(5-9-7-21-12-4-2-1-3-10(9)12)16(26)22-13(6-15(20)25)17(27)23-14(8-24)18(28)29/h1-4,7,11,13-14,21,24H,5-6,8,19H2,(H2,20,25)(H,22,26)(H,23,27)(H,28,29)/t11-,13-,14-/m0/s1.